The number of rotatable bonds is 8. The van der Waals surface area contributed by atoms with Crippen LogP contribution in [0.1, 0.15) is 40.9 Å². The van der Waals surface area contributed by atoms with E-state index in [0.29, 0.717) is 58.9 Å². The van der Waals surface area contributed by atoms with E-state index in [9.17, 15) is 9.59 Å². The van der Waals surface area contributed by atoms with E-state index in [0.717, 1.165) is 17.3 Å². The van der Waals surface area contributed by atoms with E-state index < -0.39 is 0 Å². The van der Waals surface area contributed by atoms with Gasteiger partial charge in [-0.2, -0.15) is 4.98 Å². The van der Waals surface area contributed by atoms with Gasteiger partial charge in [-0.3, -0.25) is 9.59 Å². The van der Waals surface area contributed by atoms with E-state index in [-0.39, 0.29) is 23.4 Å². The molecule has 0 N–H and O–H groups in total. The average molecular weight is 473 g/mol. The van der Waals surface area contributed by atoms with E-state index in [1.54, 1.807) is 34.4 Å². The van der Waals surface area contributed by atoms with Gasteiger partial charge in [-0.25, -0.2) is 9.50 Å². The summed E-state index contributed by atoms with van der Waals surface area (Å²) in [6.45, 7) is 2.07. The highest BCUT2D eigenvalue weighted by Crippen LogP contribution is 2.42. The normalized spacial score (nSPS) is 15.3. The summed E-state index contributed by atoms with van der Waals surface area (Å²) in [5.41, 5.74) is 2.09. The predicted molar refractivity (Wildman–Crippen MR) is 120 cm³/mol. The molecule has 2 aromatic heterocycles. The number of hydrogen-bond donors (Lipinski definition) is 0. The fraction of sp³-hybridized carbons (Fsp3) is 0.409. The number of Topliss-reactive ketones (excluding diaryl/α,β-unsaturated/α-hetero) is 1. The lowest BCUT2D eigenvalue weighted by atomic mass is 9.82. The molecule has 33 heavy (non-hydrogen) atoms. The number of benzene rings is 1. The van der Waals surface area contributed by atoms with Gasteiger partial charge in [0, 0.05) is 12.6 Å². The molecule has 0 spiro atoms. The lowest BCUT2D eigenvalue weighted by Crippen LogP contribution is -2.21. The van der Waals surface area contributed by atoms with Gasteiger partial charge in [0.15, 0.2) is 17.3 Å². The van der Waals surface area contributed by atoms with Gasteiger partial charge in [0.1, 0.15) is 0 Å². The van der Waals surface area contributed by atoms with Gasteiger partial charge in [0.2, 0.25) is 10.9 Å². The maximum absolute atomic E-state index is 13.0. The fourth-order valence-electron chi connectivity index (χ4n) is 3.82. The van der Waals surface area contributed by atoms with Gasteiger partial charge in [-0.15, -0.1) is 5.10 Å². The zero-order chi connectivity index (χ0) is 23.5. The molecule has 0 unspecified atom stereocenters. The van der Waals surface area contributed by atoms with Crippen LogP contribution in [0, 0.1) is 0 Å². The van der Waals surface area contributed by atoms with Crippen molar-refractivity contribution >= 4 is 29.3 Å². The molecule has 1 aromatic carbocycles. The van der Waals surface area contributed by atoms with Crippen molar-refractivity contribution in [2.24, 2.45) is 0 Å². The summed E-state index contributed by atoms with van der Waals surface area (Å²) in [6, 6.07) is 3.73. The van der Waals surface area contributed by atoms with Crippen molar-refractivity contribution in [1.29, 1.82) is 0 Å². The Hall–Kier alpha value is -3.34. The minimum atomic E-state index is -0.336. The molecule has 0 saturated carbocycles. The molecule has 4 rings (SSSR count). The predicted octanol–water partition coefficient (Wildman–Crippen LogP) is 2.72. The molecular formula is C22H24N4O6S. The third-order valence-electron chi connectivity index (χ3n) is 5.35. The van der Waals surface area contributed by atoms with Crippen LogP contribution < -0.4 is 14.2 Å². The first kappa shape index (κ1) is 22.8. The molecule has 0 bridgehead atoms. The third-order valence-corrected chi connectivity index (χ3v) is 6.16. The second-order valence-corrected chi connectivity index (χ2v) is 8.26. The van der Waals surface area contributed by atoms with Crippen LogP contribution in [-0.4, -0.2) is 65.0 Å². The molecule has 0 amide bonds. The van der Waals surface area contributed by atoms with Crippen LogP contribution in [0.2, 0.25) is 0 Å². The maximum Gasteiger partial charge on any atom is 0.316 e. The summed E-state index contributed by atoms with van der Waals surface area (Å²) < 4.78 is 22.7. The number of ether oxygens (including phenoxy) is 4. The van der Waals surface area contributed by atoms with Crippen LogP contribution in [0.25, 0.3) is 5.78 Å². The van der Waals surface area contributed by atoms with Crippen molar-refractivity contribution in [1.82, 2.24) is 19.6 Å². The molecule has 0 fully saturated rings. The van der Waals surface area contributed by atoms with E-state index in [2.05, 4.69) is 15.1 Å². The Morgan fingerprint density at radius 2 is 1.85 bits per heavy atom. The topological polar surface area (TPSA) is 114 Å². The monoisotopic (exact) mass is 472 g/mol. The molecule has 10 nitrogen and oxygen atoms in total. The van der Waals surface area contributed by atoms with Crippen LogP contribution in [0.4, 0.5) is 0 Å². The highest BCUT2D eigenvalue weighted by atomic mass is 32.2. The molecule has 0 aliphatic heterocycles. The van der Waals surface area contributed by atoms with Crippen LogP contribution in [0.15, 0.2) is 23.5 Å². The molecule has 174 valence electrons. The third kappa shape index (κ3) is 4.58. The average Bonchev–Trinajstić information content (AvgIpc) is 3.22. The minimum Gasteiger partial charge on any atom is -0.493 e. The smallest absolute Gasteiger partial charge is 0.316 e. The SMILES string of the molecule is CCOC(=O)CSc1nc2nc3c(cn2n1)C(=O)C[C@H](c1cc(OC)c(OC)c(OC)c1)C3. The fourth-order valence-corrected chi connectivity index (χ4v) is 4.45. The molecule has 3 aromatic rings. The highest BCUT2D eigenvalue weighted by molar-refractivity contribution is 7.99. The molecule has 1 aliphatic carbocycles. The summed E-state index contributed by atoms with van der Waals surface area (Å²) in [4.78, 5) is 33.6. The Labute approximate surface area is 194 Å². The number of esters is 1. The number of carbonyl (C=O) groups excluding carboxylic acids is 2. The molecule has 11 heteroatoms. The lowest BCUT2D eigenvalue weighted by molar-refractivity contribution is -0.139. The number of methoxy groups -OCH3 is 3. The summed E-state index contributed by atoms with van der Waals surface area (Å²) in [7, 11) is 4.67. The van der Waals surface area contributed by atoms with Gasteiger partial charge in [0.25, 0.3) is 5.78 Å². The van der Waals surface area contributed by atoms with E-state index >= 15 is 0 Å². The number of aromatic nitrogens is 4. The molecule has 1 aliphatic rings. The Kier molecular flexibility index (Phi) is 6.68. The van der Waals surface area contributed by atoms with Crippen LogP contribution >= 0.6 is 11.8 Å². The van der Waals surface area contributed by atoms with E-state index in [4.69, 9.17) is 18.9 Å². The maximum atomic E-state index is 13.0. The number of fused-ring (bicyclic) bond motifs is 2. The number of nitrogens with zero attached hydrogens (tertiary/aromatic N) is 4. The number of carbonyl (C=O) groups is 2. The molecule has 2 heterocycles. The number of thioether (sulfide) groups is 1. The van der Waals surface area contributed by atoms with Crippen LogP contribution in [-0.2, 0) is 16.0 Å². The van der Waals surface area contributed by atoms with Gasteiger partial charge >= 0.3 is 5.97 Å². The van der Waals surface area contributed by atoms with Crippen LogP contribution in [0.5, 0.6) is 17.2 Å². The van der Waals surface area contributed by atoms with Crippen molar-refractivity contribution in [2.75, 3.05) is 33.7 Å². The lowest BCUT2D eigenvalue weighted by Gasteiger charge is -2.24. The number of ketones is 1. The largest absolute Gasteiger partial charge is 0.493 e. The summed E-state index contributed by atoms with van der Waals surface area (Å²) >= 11 is 1.16. The summed E-state index contributed by atoms with van der Waals surface area (Å²) in [5, 5.41) is 4.72. The molecule has 0 radical (unpaired) electrons. The summed E-state index contributed by atoms with van der Waals surface area (Å²) in [6.07, 6.45) is 2.53. The first-order chi connectivity index (χ1) is 16.0. The Morgan fingerprint density at radius 1 is 1.12 bits per heavy atom. The van der Waals surface area contributed by atoms with Crippen molar-refractivity contribution in [3.05, 3.63) is 35.2 Å². The van der Waals surface area contributed by atoms with Crippen LogP contribution in [0.3, 0.4) is 0 Å². The standard InChI is InChI=1S/C22H24N4O6S/c1-5-32-19(28)11-33-22-24-21-23-15-6-12(7-16(27)14(15)10-26(21)25-22)13-8-17(29-2)20(31-4)18(9-13)30-3/h8-10,12H,5-7,11H2,1-4H3/t12-/m1/s1. The first-order valence-electron chi connectivity index (χ1n) is 10.3. The summed E-state index contributed by atoms with van der Waals surface area (Å²) in [5.74, 6) is 1.59. The Morgan fingerprint density at radius 3 is 2.48 bits per heavy atom. The second-order valence-electron chi connectivity index (χ2n) is 7.32. The van der Waals surface area contributed by atoms with Crippen molar-refractivity contribution in [2.45, 2.75) is 30.8 Å². The van der Waals surface area contributed by atoms with Gasteiger partial charge in [-0.1, -0.05) is 11.8 Å². The van der Waals surface area contributed by atoms with Crippen molar-refractivity contribution in [3.8, 4) is 17.2 Å². The van der Waals surface area contributed by atoms with Crippen molar-refractivity contribution < 1.29 is 28.5 Å². The zero-order valence-corrected chi connectivity index (χ0v) is 19.6. The van der Waals surface area contributed by atoms with Gasteiger partial charge in [0.05, 0.1) is 44.9 Å². The van der Waals surface area contributed by atoms with Crippen molar-refractivity contribution in [3.63, 3.8) is 0 Å². The molecule has 0 saturated heterocycles. The Bertz CT molecular complexity index is 1190. The van der Waals surface area contributed by atoms with E-state index in [1.807, 2.05) is 12.1 Å². The molecule has 1 atom stereocenters. The quantitative estimate of drug-likeness (QED) is 0.358. The number of hydrogen-bond acceptors (Lipinski definition) is 10. The Balaban J connectivity index is 1.62. The van der Waals surface area contributed by atoms with Gasteiger partial charge in [-0.05, 0) is 37.0 Å². The van der Waals surface area contributed by atoms with Gasteiger partial charge < -0.3 is 18.9 Å². The second kappa shape index (κ2) is 9.65. The molecular weight excluding hydrogens is 448 g/mol. The first-order valence-corrected chi connectivity index (χ1v) is 11.3. The van der Waals surface area contributed by atoms with E-state index in [1.165, 1.54) is 4.52 Å². The minimum absolute atomic E-state index is 0.0272. The highest BCUT2D eigenvalue weighted by Gasteiger charge is 2.30. The zero-order valence-electron chi connectivity index (χ0n) is 18.8.